The number of alkyl halides is 3. The number of unbranched alkanes of at least 4 members (excludes halogenated alkanes) is 1. The molecule has 2 aromatic rings. The fourth-order valence-corrected chi connectivity index (χ4v) is 5.60. The van der Waals surface area contributed by atoms with Gasteiger partial charge in [0, 0.05) is 29.6 Å². The van der Waals surface area contributed by atoms with Crippen LogP contribution in [0.25, 0.3) is 0 Å². The number of hydrogen-bond acceptors (Lipinski definition) is 6. The van der Waals surface area contributed by atoms with Crippen LogP contribution in [0.2, 0.25) is 0 Å². The van der Waals surface area contributed by atoms with Crippen molar-refractivity contribution in [1.82, 2.24) is 9.80 Å². The van der Waals surface area contributed by atoms with Gasteiger partial charge in [0.05, 0.1) is 13.2 Å². The van der Waals surface area contributed by atoms with Gasteiger partial charge in [-0.05, 0) is 75.0 Å². The van der Waals surface area contributed by atoms with E-state index >= 15 is 0 Å². The number of para-hydroxylation sites is 1. The van der Waals surface area contributed by atoms with Crippen LogP contribution >= 0.6 is 0 Å². The Balaban J connectivity index is 1.47. The maximum Gasteiger partial charge on any atom is 0.491 e. The smallest absolute Gasteiger partial charge is 0.491 e. The van der Waals surface area contributed by atoms with Gasteiger partial charge in [0.25, 0.3) is 5.91 Å². The molecule has 0 aliphatic carbocycles. The Labute approximate surface area is 245 Å². The Kier molecular flexibility index (Phi) is 10.4. The fraction of sp³-hybridized carbons (Fsp3) is 0.562. The molecule has 7 nitrogen and oxygen atoms in total. The Morgan fingerprint density at radius 3 is 2.29 bits per heavy atom. The lowest BCUT2D eigenvalue weighted by Crippen LogP contribution is -2.51. The monoisotopic (exact) mass is 590 g/mol. The second kappa shape index (κ2) is 13.8. The van der Waals surface area contributed by atoms with Crippen LogP contribution in [0.5, 0.6) is 11.5 Å². The van der Waals surface area contributed by atoms with Crippen LogP contribution in [0.1, 0.15) is 68.8 Å². The molecular weight excluding hydrogens is 549 g/mol. The van der Waals surface area contributed by atoms with Crippen molar-refractivity contribution in [1.29, 1.82) is 0 Å². The van der Waals surface area contributed by atoms with Gasteiger partial charge in [-0.2, -0.15) is 13.2 Å². The van der Waals surface area contributed by atoms with Crippen molar-refractivity contribution >= 4 is 11.9 Å². The first-order valence-corrected chi connectivity index (χ1v) is 14.8. The van der Waals surface area contributed by atoms with Gasteiger partial charge in [0.2, 0.25) is 0 Å². The summed E-state index contributed by atoms with van der Waals surface area (Å²) in [5.41, 5.74) is 0.585. The van der Waals surface area contributed by atoms with E-state index in [9.17, 15) is 22.8 Å². The van der Waals surface area contributed by atoms with Gasteiger partial charge in [-0.3, -0.25) is 9.69 Å². The maximum atomic E-state index is 13.5. The van der Waals surface area contributed by atoms with Crippen LogP contribution in [0, 0.1) is 11.3 Å². The van der Waals surface area contributed by atoms with Crippen LogP contribution in [0.15, 0.2) is 48.5 Å². The fourth-order valence-electron chi connectivity index (χ4n) is 5.60. The Bertz CT molecular complexity index is 1190. The van der Waals surface area contributed by atoms with Gasteiger partial charge in [0.15, 0.2) is 6.23 Å². The quantitative estimate of drug-likeness (QED) is 0.221. The number of piperidine rings is 1. The molecule has 0 radical (unpaired) electrons. The van der Waals surface area contributed by atoms with E-state index < -0.39 is 29.7 Å². The molecule has 0 N–H and O–H groups in total. The predicted molar refractivity (Wildman–Crippen MR) is 152 cm³/mol. The molecule has 2 fully saturated rings. The third-order valence-electron chi connectivity index (χ3n) is 8.03. The zero-order valence-electron chi connectivity index (χ0n) is 24.6. The predicted octanol–water partition coefficient (Wildman–Crippen LogP) is 6.46. The SMILES string of the molecule is CCCCOc1ccc(C(=O)N2CCC3(CCN(Cc4ccccc4OCC(C)C)CC3)C2OC(=O)C(F)(F)F)cc1. The van der Waals surface area contributed by atoms with E-state index in [1.165, 1.54) is 4.90 Å². The first-order valence-electron chi connectivity index (χ1n) is 14.8. The van der Waals surface area contributed by atoms with Gasteiger partial charge < -0.3 is 19.1 Å². The van der Waals surface area contributed by atoms with Crippen LogP contribution in [-0.4, -0.2) is 66.9 Å². The lowest BCUT2D eigenvalue weighted by molar-refractivity contribution is -0.217. The second-order valence-electron chi connectivity index (χ2n) is 11.7. The number of nitrogens with zero attached hydrogens (tertiary/aromatic N) is 2. The first kappa shape index (κ1) is 31.7. The second-order valence-corrected chi connectivity index (χ2v) is 11.7. The molecular formula is C32H41F3N2O5. The molecule has 2 heterocycles. The van der Waals surface area contributed by atoms with Crippen molar-refractivity contribution < 1.29 is 37.0 Å². The van der Waals surface area contributed by atoms with E-state index in [-0.39, 0.29) is 6.54 Å². The summed E-state index contributed by atoms with van der Waals surface area (Å²) in [6.07, 6.45) is -3.13. The topological polar surface area (TPSA) is 68.3 Å². The number of carbonyl (C=O) groups is 2. The Morgan fingerprint density at radius 2 is 1.64 bits per heavy atom. The van der Waals surface area contributed by atoms with E-state index in [4.69, 9.17) is 14.2 Å². The molecule has 4 rings (SSSR count). The molecule has 2 saturated heterocycles. The molecule has 0 bridgehead atoms. The Morgan fingerprint density at radius 1 is 0.976 bits per heavy atom. The number of likely N-dealkylation sites (tertiary alicyclic amines) is 2. The van der Waals surface area contributed by atoms with Crippen LogP contribution in [0.4, 0.5) is 13.2 Å². The molecule has 1 spiro atoms. The van der Waals surface area contributed by atoms with E-state index in [1.54, 1.807) is 24.3 Å². The minimum Gasteiger partial charge on any atom is -0.494 e. The molecule has 230 valence electrons. The van der Waals surface area contributed by atoms with Gasteiger partial charge >= 0.3 is 12.1 Å². The number of benzene rings is 2. The summed E-state index contributed by atoms with van der Waals surface area (Å²) in [6.45, 7) is 9.40. The normalized spacial score (nSPS) is 18.8. The van der Waals surface area contributed by atoms with Crippen LogP contribution in [0.3, 0.4) is 0 Å². The minimum absolute atomic E-state index is 0.204. The number of carbonyl (C=O) groups excluding carboxylic acids is 2. The molecule has 2 aliphatic heterocycles. The molecule has 42 heavy (non-hydrogen) atoms. The highest BCUT2D eigenvalue weighted by atomic mass is 19.4. The lowest BCUT2D eigenvalue weighted by Gasteiger charge is -2.43. The highest BCUT2D eigenvalue weighted by Gasteiger charge is 2.55. The number of rotatable bonds is 11. The highest BCUT2D eigenvalue weighted by Crippen LogP contribution is 2.47. The molecule has 1 amide bonds. The average molecular weight is 591 g/mol. The summed E-state index contributed by atoms with van der Waals surface area (Å²) in [7, 11) is 0. The zero-order chi connectivity index (χ0) is 30.3. The van der Waals surface area contributed by atoms with E-state index in [2.05, 4.69) is 25.7 Å². The standard InChI is InChI=1S/C32H41F3N2O5/c1-4-5-20-40-26-12-10-24(11-13-26)28(38)37-19-16-31(29(37)42-30(39)32(33,34)35)14-17-36(18-15-31)21-25-8-6-7-9-27(25)41-22-23(2)3/h6-13,23,29H,4-5,14-22H2,1-3H3. The zero-order valence-corrected chi connectivity index (χ0v) is 24.6. The van der Waals surface area contributed by atoms with Crippen LogP contribution in [-0.2, 0) is 16.1 Å². The van der Waals surface area contributed by atoms with Gasteiger partial charge in [-0.15, -0.1) is 0 Å². The maximum absolute atomic E-state index is 13.5. The van der Waals surface area contributed by atoms with Crippen molar-refractivity contribution in [3.63, 3.8) is 0 Å². The first-order chi connectivity index (χ1) is 20.0. The minimum atomic E-state index is -5.16. The van der Waals surface area contributed by atoms with Crippen molar-refractivity contribution in [3.05, 3.63) is 59.7 Å². The number of esters is 1. The summed E-state index contributed by atoms with van der Waals surface area (Å²) in [5.74, 6) is -0.922. The van der Waals surface area contributed by atoms with E-state index in [1.807, 2.05) is 24.3 Å². The number of halogens is 3. The molecule has 0 aromatic heterocycles. The largest absolute Gasteiger partial charge is 0.494 e. The van der Waals surface area contributed by atoms with E-state index in [0.717, 1.165) is 24.2 Å². The molecule has 0 saturated carbocycles. The van der Waals surface area contributed by atoms with Crippen molar-refractivity contribution in [3.8, 4) is 11.5 Å². The summed E-state index contributed by atoms with van der Waals surface area (Å²) in [6, 6.07) is 14.4. The number of amides is 1. The summed E-state index contributed by atoms with van der Waals surface area (Å²) >= 11 is 0. The van der Waals surface area contributed by atoms with Gasteiger partial charge in [-0.25, -0.2) is 4.79 Å². The van der Waals surface area contributed by atoms with Gasteiger partial charge in [-0.1, -0.05) is 45.4 Å². The molecule has 10 heteroatoms. The highest BCUT2D eigenvalue weighted by molar-refractivity contribution is 5.95. The molecule has 2 aromatic carbocycles. The number of hydrogen-bond donors (Lipinski definition) is 0. The van der Waals surface area contributed by atoms with Crippen LogP contribution < -0.4 is 9.47 Å². The van der Waals surface area contributed by atoms with Crippen molar-refractivity contribution in [2.24, 2.45) is 11.3 Å². The third-order valence-corrected chi connectivity index (χ3v) is 8.03. The van der Waals surface area contributed by atoms with E-state index in [0.29, 0.717) is 69.3 Å². The Hall–Kier alpha value is -3.27. The van der Waals surface area contributed by atoms with Crippen molar-refractivity contribution in [2.75, 3.05) is 32.8 Å². The third kappa shape index (κ3) is 7.76. The summed E-state index contributed by atoms with van der Waals surface area (Å²) in [4.78, 5) is 29.1. The van der Waals surface area contributed by atoms with Crippen molar-refractivity contribution in [2.45, 2.75) is 71.8 Å². The molecule has 1 atom stereocenters. The molecule has 2 aliphatic rings. The molecule has 1 unspecified atom stereocenters. The number of ether oxygens (including phenoxy) is 3. The average Bonchev–Trinajstić information content (AvgIpc) is 3.30. The summed E-state index contributed by atoms with van der Waals surface area (Å²) in [5, 5.41) is 0. The lowest BCUT2D eigenvalue weighted by atomic mass is 9.76. The summed E-state index contributed by atoms with van der Waals surface area (Å²) < 4.78 is 56.7. The van der Waals surface area contributed by atoms with Gasteiger partial charge in [0.1, 0.15) is 11.5 Å².